The van der Waals surface area contributed by atoms with Gasteiger partial charge in [-0.2, -0.15) is 0 Å². The number of hydrogen-bond donors (Lipinski definition) is 0. The zero-order valence-electron chi connectivity index (χ0n) is 6.69. The van der Waals surface area contributed by atoms with Crippen LogP contribution in [0.15, 0.2) is 11.6 Å². The highest BCUT2D eigenvalue weighted by Crippen LogP contribution is 2.13. The number of amides is 1. The van der Waals surface area contributed by atoms with Gasteiger partial charge in [-0.1, -0.05) is 0 Å². The molecule has 0 aromatic carbocycles. The van der Waals surface area contributed by atoms with Crippen molar-refractivity contribution in [2.24, 2.45) is 0 Å². The van der Waals surface area contributed by atoms with Crippen LogP contribution >= 0.6 is 11.3 Å². The molecule has 0 radical (unpaired) electrons. The van der Waals surface area contributed by atoms with Gasteiger partial charge in [0.2, 0.25) is 0 Å². The normalized spacial score (nSPS) is 16.8. The number of carbonyl (C=O) groups excluding carboxylic acids is 1. The Balaban J connectivity index is 2.09. The van der Waals surface area contributed by atoms with E-state index in [1.54, 1.807) is 6.20 Å². The lowest BCUT2D eigenvalue weighted by atomic mass is 10.4. The fourth-order valence-corrected chi connectivity index (χ4v) is 1.99. The van der Waals surface area contributed by atoms with E-state index in [1.807, 2.05) is 10.3 Å². The molecule has 1 aliphatic rings. The van der Waals surface area contributed by atoms with Crippen molar-refractivity contribution < 1.29 is 4.79 Å². The van der Waals surface area contributed by atoms with Gasteiger partial charge in [-0.3, -0.25) is 4.79 Å². The Kier molecular flexibility index (Phi) is 2.08. The monoisotopic (exact) mass is 182 g/mol. The number of nitrogens with zero attached hydrogens (tertiary/aromatic N) is 2. The summed E-state index contributed by atoms with van der Waals surface area (Å²) in [6.45, 7) is 1.80. The summed E-state index contributed by atoms with van der Waals surface area (Å²) in [5, 5.41) is 2.46. The van der Waals surface area contributed by atoms with Crippen molar-refractivity contribution >= 4 is 17.2 Å². The average Bonchev–Trinajstić information content (AvgIpc) is 2.77. The molecule has 0 unspecified atom stereocenters. The maximum absolute atomic E-state index is 11.6. The lowest BCUT2D eigenvalue weighted by molar-refractivity contribution is 0.0792. The third-order valence-corrected chi connectivity index (χ3v) is 2.77. The molecule has 12 heavy (non-hydrogen) atoms. The van der Waals surface area contributed by atoms with Gasteiger partial charge in [-0.25, -0.2) is 4.98 Å². The molecule has 0 atom stereocenters. The maximum Gasteiger partial charge on any atom is 0.282 e. The van der Waals surface area contributed by atoms with Crippen LogP contribution in [0.5, 0.6) is 0 Å². The van der Waals surface area contributed by atoms with E-state index < -0.39 is 0 Å². The SMILES string of the molecule is O=C(c1nccs1)N1CCCC1. The van der Waals surface area contributed by atoms with Crippen molar-refractivity contribution in [1.82, 2.24) is 9.88 Å². The quantitative estimate of drug-likeness (QED) is 0.657. The Morgan fingerprint density at radius 1 is 1.50 bits per heavy atom. The highest BCUT2D eigenvalue weighted by Gasteiger charge is 2.20. The minimum absolute atomic E-state index is 0.0995. The summed E-state index contributed by atoms with van der Waals surface area (Å²) in [7, 11) is 0. The van der Waals surface area contributed by atoms with E-state index in [0.717, 1.165) is 25.9 Å². The van der Waals surface area contributed by atoms with Crippen molar-refractivity contribution in [3.63, 3.8) is 0 Å². The van der Waals surface area contributed by atoms with E-state index in [-0.39, 0.29) is 5.91 Å². The molecule has 0 saturated carbocycles. The van der Waals surface area contributed by atoms with Crippen LogP contribution in [0.25, 0.3) is 0 Å². The second kappa shape index (κ2) is 3.23. The Morgan fingerprint density at radius 3 is 2.83 bits per heavy atom. The van der Waals surface area contributed by atoms with Crippen LogP contribution in [0.1, 0.15) is 22.6 Å². The van der Waals surface area contributed by atoms with E-state index in [0.29, 0.717) is 5.01 Å². The summed E-state index contributed by atoms with van der Waals surface area (Å²) in [5.74, 6) is 0.0995. The summed E-state index contributed by atoms with van der Waals surface area (Å²) < 4.78 is 0. The molecule has 1 amide bonds. The average molecular weight is 182 g/mol. The number of carbonyl (C=O) groups is 1. The van der Waals surface area contributed by atoms with Crippen LogP contribution in [0.2, 0.25) is 0 Å². The first-order valence-corrected chi connectivity index (χ1v) is 4.94. The van der Waals surface area contributed by atoms with Crippen molar-refractivity contribution in [1.29, 1.82) is 0 Å². The number of likely N-dealkylation sites (tertiary alicyclic amines) is 1. The standard InChI is InChI=1S/C8H10N2OS/c11-8(7-9-3-6-12-7)10-4-1-2-5-10/h3,6H,1-2,4-5H2. The molecule has 0 spiro atoms. The Bertz CT molecular complexity index is 265. The first-order chi connectivity index (χ1) is 5.88. The summed E-state index contributed by atoms with van der Waals surface area (Å²) in [6.07, 6.45) is 3.95. The largest absolute Gasteiger partial charge is 0.337 e. The predicted molar refractivity (Wildman–Crippen MR) is 47.3 cm³/mol. The molecule has 1 aromatic heterocycles. The number of rotatable bonds is 1. The van der Waals surface area contributed by atoms with Gasteiger partial charge in [0.25, 0.3) is 5.91 Å². The van der Waals surface area contributed by atoms with Crippen molar-refractivity contribution in [3.05, 3.63) is 16.6 Å². The van der Waals surface area contributed by atoms with Crippen LogP contribution in [0.4, 0.5) is 0 Å². The van der Waals surface area contributed by atoms with Crippen molar-refractivity contribution in [2.75, 3.05) is 13.1 Å². The van der Waals surface area contributed by atoms with Crippen molar-refractivity contribution in [2.45, 2.75) is 12.8 Å². The third-order valence-electron chi connectivity index (χ3n) is 2.01. The van der Waals surface area contributed by atoms with Crippen LogP contribution in [0, 0.1) is 0 Å². The van der Waals surface area contributed by atoms with Crippen LogP contribution < -0.4 is 0 Å². The molecule has 0 bridgehead atoms. The molecule has 1 saturated heterocycles. The molecule has 0 N–H and O–H groups in total. The van der Waals surface area contributed by atoms with E-state index in [2.05, 4.69) is 4.98 Å². The summed E-state index contributed by atoms with van der Waals surface area (Å²) in [4.78, 5) is 17.4. The lowest BCUT2D eigenvalue weighted by Gasteiger charge is -2.12. The number of thiazole rings is 1. The number of aromatic nitrogens is 1. The zero-order chi connectivity index (χ0) is 8.39. The molecule has 1 aliphatic heterocycles. The van der Waals surface area contributed by atoms with E-state index in [1.165, 1.54) is 11.3 Å². The molecule has 64 valence electrons. The van der Waals surface area contributed by atoms with Gasteiger partial charge in [-0.15, -0.1) is 11.3 Å². The van der Waals surface area contributed by atoms with E-state index in [9.17, 15) is 4.79 Å². The second-order valence-corrected chi connectivity index (χ2v) is 3.73. The van der Waals surface area contributed by atoms with Gasteiger partial charge in [0.05, 0.1) is 0 Å². The lowest BCUT2D eigenvalue weighted by Crippen LogP contribution is -2.27. The first-order valence-electron chi connectivity index (χ1n) is 4.07. The van der Waals surface area contributed by atoms with E-state index in [4.69, 9.17) is 0 Å². The molecule has 1 fully saturated rings. The van der Waals surface area contributed by atoms with Gasteiger partial charge in [0.15, 0.2) is 5.01 Å². The van der Waals surface area contributed by atoms with Crippen LogP contribution in [0.3, 0.4) is 0 Å². The van der Waals surface area contributed by atoms with Gasteiger partial charge >= 0.3 is 0 Å². The third kappa shape index (κ3) is 1.34. The van der Waals surface area contributed by atoms with Crippen LogP contribution in [-0.4, -0.2) is 28.9 Å². The fraction of sp³-hybridized carbons (Fsp3) is 0.500. The van der Waals surface area contributed by atoms with Gasteiger partial charge in [-0.05, 0) is 12.8 Å². The summed E-state index contributed by atoms with van der Waals surface area (Å²) >= 11 is 1.42. The fourth-order valence-electron chi connectivity index (χ4n) is 1.38. The van der Waals surface area contributed by atoms with Gasteiger partial charge in [0, 0.05) is 24.7 Å². The molecular formula is C8H10N2OS. The minimum Gasteiger partial charge on any atom is -0.337 e. The minimum atomic E-state index is 0.0995. The molecule has 1 aromatic rings. The topological polar surface area (TPSA) is 33.2 Å². The molecule has 3 nitrogen and oxygen atoms in total. The first kappa shape index (κ1) is 7.73. The predicted octanol–water partition coefficient (Wildman–Crippen LogP) is 1.38. The summed E-state index contributed by atoms with van der Waals surface area (Å²) in [5.41, 5.74) is 0. The second-order valence-electron chi connectivity index (χ2n) is 2.84. The Hall–Kier alpha value is -0.900. The smallest absolute Gasteiger partial charge is 0.282 e. The van der Waals surface area contributed by atoms with Crippen LogP contribution in [-0.2, 0) is 0 Å². The maximum atomic E-state index is 11.6. The molecule has 0 aliphatic carbocycles. The Labute approximate surface area is 75.0 Å². The highest BCUT2D eigenvalue weighted by molar-refractivity contribution is 7.11. The number of hydrogen-bond acceptors (Lipinski definition) is 3. The Morgan fingerprint density at radius 2 is 2.25 bits per heavy atom. The molecular weight excluding hydrogens is 172 g/mol. The van der Waals surface area contributed by atoms with Gasteiger partial charge < -0.3 is 4.90 Å². The molecule has 4 heteroatoms. The zero-order valence-corrected chi connectivity index (χ0v) is 7.51. The molecule has 2 heterocycles. The highest BCUT2D eigenvalue weighted by atomic mass is 32.1. The van der Waals surface area contributed by atoms with E-state index >= 15 is 0 Å². The summed E-state index contributed by atoms with van der Waals surface area (Å²) in [6, 6.07) is 0. The van der Waals surface area contributed by atoms with Gasteiger partial charge in [0.1, 0.15) is 0 Å². The molecule has 2 rings (SSSR count). The van der Waals surface area contributed by atoms with Crippen molar-refractivity contribution in [3.8, 4) is 0 Å².